The first-order chi connectivity index (χ1) is 6.79. The quantitative estimate of drug-likeness (QED) is 0.810. The van der Waals surface area contributed by atoms with Gasteiger partial charge in [0.05, 0.1) is 0 Å². The van der Waals surface area contributed by atoms with Crippen molar-refractivity contribution in [3.05, 3.63) is 22.7 Å². The van der Waals surface area contributed by atoms with Crippen molar-refractivity contribution in [1.82, 2.24) is 10.2 Å². The van der Waals surface area contributed by atoms with Crippen LogP contribution in [0.1, 0.15) is 5.89 Å². The number of hydrogen-bond donors (Lipinski definition) is 0. The molecule has 0 saturated heterocycles. The van der Waals surface area contributed by atoms with E-state index in [2.05, 4.69) is 26.1 Å². The molecule has 0 aliphatic rings. The van der Waals surface area contributed by atoms with E-state index in [4.69, 9.17) is 20.4 Å². The van der Waals surface area contributed by atoms with E-state index in [-0.39, 0.29) is 0 Å². The summed E-state index contributed by atoms with van der Waals surface area (Å²) < 4.78 is 11.2. The van der Waals surface area contributed by atoms with Crippen molar-refractivity contribution in [2.75, 3.05) is 5.88 Å². The molecule has 0 aromatic carbocycles. The molecule has 0 amide bonds. The predicted molar refractivity (Wildman–Crippen MR) is 54.1 cm³/mol. The lowest BCUT2D eigenvalue weighted by atomic mass is 10.4. The van der Waals surface area contributed by atoms with Crippen LogP contribution in [0.4, 0.5) is 0 Å². The lowest BCUT2D eigenvalue weighted by Gasteiger charge is -1.86. The van der Waals surface area contributed by atoms with E-state index in [0.717, 1.165) is 0 Å². The summed E-state index contributed by atoms with van der Waals surface area (Å²) in [6.07, 6.45) is 0.566. The molecule has 74 valence electrons. The zero-order chi connectivity index (χ0) is 9.97. The second-order valence-electron chi connectivity index (χ2n) is 2.54. The molecule has 14 heavy (non-hydrogen) atoms. The molecule has 0 aliphatic carbocycles. The average Bonchev–Trinajstić information content (AvgIpc) is 2.74. The minimum absolute atomic E-state index is 0.371. The second-order valence-corrected chi connectivity index (χ2v) is 3.70. The third-order valence-corrected chi connectivity index (χ3v) is 2.17. The Kier molecular flexibility index (Phi) is 2.88. The maximum absolute atomic E-state index is 5.54. The molecule has 2 aromatic rings. The van der Waals surface area contributed by atoms with Crippen molar-refractivity contribution in [2.24, 2.45) is 0 Å². The van der Waals surface area contributed by atoms with E-state index in [0.29, 0.717) is 34.5 Å². The average molecular weight is 278 g/mol. The van der Waals surface area contributed by atoms with Gasteiger partial charge in [-0.25, -0.2) is 0 Å². The number of hydrogen-bond acceptors (Lipinski definition) is 4. The smallest absolute Gasteiger partial charge is 0.283 e. The van der Waals surface area contributed by atoms with Crippen LogP contribution in [0.25, 0.3) is 11.7 Å². The van der Waals surface area contributed by atoms with Crippen molar-refractivity contribution in [2.45, 2.75) is 6.42 Å². The Hall–Kier alpha value is -0.810. The number of aromatic nitrogens is 2. The first-order valence-electron chi connectivity index (χ1n) is 3.93. The van der Waals surface area contributed by atoms with Gasteiger partial charge in [0, 0.05) is 12.3 Å². The molecular formula is C8H6BrClN2O2. The van der Waals surface area contributed by atoms with Crippen LogP contribution in [-0.2, 0) is 6.42 Å². The Balaban J connectivity index is 2.24. The Labute approximate surface area is 93.4 Å². The first-order valence-corrected chi connectivity index (χ1v) is 5.26. The molecule has 0 spiro atoms. The van der Waals surface area contributed by atoms with Gasteiger partial charge in [-0.2, -0.15) is 0 Å². The standard InChI is InChI=1S/C8H6BrClN2O2/c9-6-2-1-5(13-6)8-12-11-7(14-8)3-4-10/h1-2H,3-4H2. The first kappa shape index (κ1) is 9.73. The molecule has 0 atom stereocenters. The summed E-state index contributed by atoms with van der Waals surface area (Å²) in [5.74, 6) is 1.90. The summed E-state index contributed by atoms with van der Waals surface area (Å²) in [4.78, 5) is 0. The highest BCUT2D eigenvalue weighted by molar-refractivity contribution is 9.10. The third-order valence-electron chi connectivity index (χ3n) is 1.56. The fourth-order valence-corrected chi connectivity index (χ4v) is 1.43. The topological polar surface area (TPSA) is 52.1 Å². The van der Waals surface area contributed by atoms with Gasteiger partial charge in [0.25, 0.3) is 5.89 Å². The molecule has 2 aromatic heterocycles. The van der Waals surface area contributed by atoms with E-state index in [1.165, 1.54) is 0 Å². The van der Waals surface area contributed by atoms with Crippen LogP contribution >= 0.6 is 27.5 Å². The van der Waals surface area contributed by atoms with Gasteiger partial charge in [-0.05, 0) is 28.1 Å². The summed E-state index contributed by atoms with van der Waals surface area (Å²) in [5.41, 5.74) is 0. The fourth-order valence-electron chi connectivity index (χ4n) is 0.964. The Morgan fingerprint density at radius 2 is 2.14 bits per heavy atom. The highest BCUT2D eigenvalue weighted by Crippen LogP contribution is 2.23. The van der Waals surface area contributed by atoms with Gasteiger partial charge in [0.1, 0.15) is 0 Å². The molecule has 0 saturated carbocycles. The highest BCUT2D eigenvalue weighted by Gasteiger charge is 2.11. The minimum atomic E-state index is 0.371. The predicted octanol–water partition coefficient (Wildman–Crippen LogP) is 2.87. The van der Waals surface area contributed by atoms with Gasteiger partial charge in [0.2, 0.25) is 5.89 Å². The molecular weight excluding hydrogens is 271 g/mol. The second kappa shape index (κ2) is 4.14. The van der Waals surface area contributed by atoms with E-state index in [1.54, 1.807) is 12.1 Å². The van der Waals surface area contributed by atoms with Gasteiger partial charge in [-0.15, -0.1) is 21.8 Å². The number of alkyl halides is 1. The van der Waals surface area contributed by atoms with E-state index in [9.17, 15) is 0 Å². The SMILES string of the molecule is ClCCc1nnc(-c2ccc(Br)o2)o1. The van der Waals surface area contributed by atoms with E-state index in [1.807, 2.05) is 0 Å². The summed E-state index contributed by atoms with van der Waals surface area (Å²) in [6, 6.07) is 3.52. The fraction of sp³-hybridized carbons (Fsp3) is 0.250. The van der Waals surface area contributed by atoms with E-state index >= 15 is 0 Å². The van der Waals surface area contributed by atoms with Gasteiger partial charge in [-0.1, -0.05) is 0 Å². The molecule has 0 fully saturated rings. The summed E-state index contributed by atoms with van der Waals surface area (Å²) in [6.45, 7) is 0. The maximum atomic E-state index is 5.54. The highest BCUT2D eigenvalue weighted by atomic mass is 79.9. The molecule has 0 bridgehead atoms. The zero-order valence-electron chi connectivity index (χ0n) is 7.04. The Bertz CT molecular complexity index is 426. The lowest BCUT2D eigenvalue weighted by molar-refractivity contribution is 0.478. The molecule has 0 unspecified atom stereocenters. The Morgan fingerprint density at radius 3 is 2.79 bits per heavy atom. The molecule has 0 N–H and O–H groups in total. The number of rotatable bonds is 3. The summed E-state index contributed by atoms with van der Waals surface area (Å²) >= 11 is 8.73. The number of halogens is 2. The minimum Gasteiger partial charge on any atom is -0.444 e. The van der Waals surface area contributed by atoms with Crippen molar-refractivity contribution < 1.29 is 8.83 Å². The van der Waals surface area contributed by atoms with Crippen LogP contribution in [0.3, 0.4) is 0 Å². The number of nitrogens with zero attached hydrogens (tertiary/aromatic N) is 2. The molecule has 2 rings (SSSR count). The van der Waals surface area contributed by atoms with Crippen LogP contribution in [-0.4, -0.2) is 16.1 Å². The normalized spacial score (nSPS) is 10.7. The van der Waals surface area contributed by atoms with Crippen LogP contribution in [0, 0.1) is 0 Å². The number of furan rings is 1. The monoisotopic (exact) mass is 276 g/mol. The molecule has 0 radical (unpaired) electrons. The van der Waals surface area contributed by atoms with Crippen molar-refractivity contribution in [3.63, 3.8) is 0 Å². The van der Waals surface area contributed by atoms with Gasteiger partial charge in [0.15, 0.2) is 10.4 Å². The maximum Gasteiger partial charge on any atom is 0.283 e. The van der Waals surface area contributed by atoms with Crippen molar-refractivity contribution >= 4 is 27.5 Å². The molecule has 0 aliphatic heterocycles. The van der Waals surface area contributed by atoms with Gasteiger partial charge >= 0.3 is 0 Å². The third kappa shape index (κ3) is 1.99. The van der Waals surface area contributed by atoms with Crippen LogP contribution in [0.5, 0.6) is 0 Å². The van der Waals surface area contributed by atoms with Crippen molar-refractivity contribution in [3.8, 4) is 11.7 Å². The zero-order valence-corrected chi connectivity index (χ0v) is 9.38. The summed E-state index contributed by atoms with van der Waals surface area (Å²) in [7, 11) is 0. The molecule has 2 heterocycles. The van der Waals surface area contributed by atoms with E-state index < -0.39 is 0 Å². The summed E-state index contributed by atoms with van der Waals surface area (Å²) in [5, 5.41) is 7.64. The lowest BCUT2D eigenvalue weighted by Crippen LogP contribution is -1.84. The molecule has 6 heteroatoms. The largest absolute Gasteiger partial charge is 0.444 e. The number of aryl methyl sites for hydroxylation is 1. The van der Waals surface area contributed by atoms with Crippen LogP contribution in [0.2, 0.25) is 0 Å². The Morgan fingerprint density at radius 1 is 1.29 bits per heavy atom. The van der Waals surface area contributed by atoms with Gasteiger partial charge < -0.3 is 8.83 Å². The van der Waals surface area contributed by atoms with Gasteiger partial charge in [-0.3, -0.25) is 0 Å². The van der Waals surface area contributed by atoms with Crippen LogP contribution in [0.15, 0.2) is 25.6 Å². The molecule has 4 nitrogen and oxygen atoms in total. The van der Waals surface area contributed by atoms with Crippen LogP contribution < -0.4 is 0 Å². The van der Waals surface area contributed by atoms with Crippen molar-refractivity contribution in [1.29, 1.82) is 0 Å².